The molecular weight excluding hydrogens is 391 g/mol. The van der Waals surface area contributed by atoms with E-state index in [9.17, 15) is 0 Å². The number of aromatic nitrogens is 1. The molecule has 0 saturated carbocycles. The fourth-order valence-electron chi connectivity index (χ4n) is 2.34. The van der Waals surface area contributed by atoms with Gasteiger partial charge in [-0.15, -0.1) is 23.7 Å². The van der Waals surface area contributed by atoms with E-state index in [2.05, 4.69) is 27.8 Å². The number of hydrogen-bond donors (Lipinski definition) is 1. The summed E-state index contributed by atoms with van der Waals surface area (Å²) in [6.07, 6.45) is 1.71. The van der Waals surface area contributed by atoms with Gasteiger partial charge in [-0.05, 0) is 35.2 Å². The molecule has 0 amide bonds. The zero-order valence-corrected chi connectivity index (χ0v) is 16.7. The summed E-state index contributed by atoms with van der Waals surface area (Å²) in [7, 11) is 1.65. The summed E-state index contributed by atoms with van der Waals surface area (Å²) < 4.78 is 11.3. The van der Waals surface area contributed by atoms with E-state index < -0.39 is 0 Å². The lowest BCUT2D eigenvalue weighted by Gasteiger charge is -2.12. The van der Waals surface area contributed by atoms with Crippen LogP contribution in [-0.2, 0) is 19.7 Å². The number of rotatable bonds is 8. The lowest BCUT2D eigenvalue weighted by atomic mass is 10.2. The summed E-state index contributed by atoms with van der Waals surface area (Å²) in [4.78, 5) is 5.37. The number of benzene rings is 1. The number of hydrogen-bond acceptors (Lipinski definition) is 5. The van der Waals surface area contributed by atoms with Gasteiger partial charge in [-0.25, -0.2) is 4.98 Å². The molecule has 0 atom stereocenters. The number of methoxy groups -OCH3 is 1. The molecule has 0 aliphatic carbocycles. The quantitative estimate of drug-likeness (QED) is 0.524. The number of nitrogens with zero attached hydrogens (tertiary/aromatic N) is 1. The Kier molecular flexibility index (Phi) is 8.19. The van der Waals surface area contributed by atoms with E-state index in [1.807, 2.05) is 24.3 Å². The molecule has 0 saturated heterocycles. The Bertz CT molecular complexity index is 796. The second kappa shape index (κ2) is 10.4. The monoisotopic (exact) mass is 410 g/mol. The van der Waals surface area contributed by atoms with Crippen LogP contribution in [0.3, 0.4) is 0 Å². The second-order valence-corrected chi connectivity index (χ2v) is 6.87. The van der Waals surface area contributed by atoms with Crippen molar-refractivity contribution in [2.45, 2.75) is 19.7 Å². The van der Waals surface area contributed by atoms with Gasteiger partial charge in [0, 0.05) is 29.7 Å². The maximum Gasteiger partial charge on any atom is 0.161 e. The first-order chi connectivity index (χ1) is 12.2. The van der Waals surface area contributed by atoms with Crippen molar-refractivity contribution in [1.29, 1.82) is 0 Å². The van der Waals surface area contributed by atoms with E-state index in [1.165, 1.54) is 4.88 Å². The van der Waals surface area contributed by atoms with Crippen molar-refractivity contribution in [1.82, 2.24) is 10.3 Å². The summed E-state index contributed by atoms with van der Waals surface area (Å²) in [5.74, 6) is 1.43. The average molecular weight is 411 g/mol. The standard InChI is InChI=1S/C19H19ClN2O2S.ClH/c1-23-18-9-14(10-21-12-16-3-2-8-25-16)4-6-17(18)24-13-15-5-7-19(20)22-11-15;/h2-9,11,21H,10,12-13H2,1H3;1H. The fourth-order valence-corrected chi connectivity index (χ4v) is 3.12. The Morgan fingerprint density at radius 3 is 2.62 bits per heavy atom. The van der Waals surface area contributed by atoms with Gasteiger partial charge in [-0.3, -0.25) is 0 Å². The molecule has 0 unspecified atom stereocenters. The molecule has 0 aliphatic heterocycles. The molecule has 138 valence electrons. The normalized spacial score (nSPS) is 10.2. The number of halogens is 2. The fraction of sp³-hybridized carbons (Fsp3) is 0.211. The Hall–Kier alpha value is -1.79. The lowest BCUT2D eigenvalue weighted by Crippen LogP contribution is -2.11. The van der Waals surface area contributed by atoms with E-state index in [1.54, 1.807) is 30.7 Å². The topological polar surface area (TPSA) is 43.4 Å². The van der Waals surface area contributed by atoms with Gasteiger partial charge in [0.1, 0.15) is 11.8 Å². The summed E-state index contributed by atoms with van der Waals surface area (Å²) >= 11 is 7.54. The zero-order valence-electron chi connectivity index (χ0n) is 14.3. The molecule has 26 heavy (non-hydrogen) atoms. The summed E-state index contributed by atoms with van der Waals surface area (Å²) in [6, 6.07) is 13.8. The van der Waals surface area contributed by atoms with Crippen molar-refractivity contribution in [3.63, 3.8) is 0 Å². The van der Waals surface area contributed by atoms with Crippen LogP contribution in [0.1, 0.15) is 16.0 Å². The molecule has 3 aromatic rings. The van der Waals surface area contributed by atoms with Crippen molar-refractivity contribution >= 4 is 35.3 Å². The molecule has 0 spiro atoms. The van der Waals surface area contributed by atoms with Gasteiger partial charge in [0.05, 0.1) is 7.11 Å². The molecule has 0 fully saturated rings. The van der Waals surface area contributed by atoms with Crippen molar-refractivity contribution in [3.05, 3.63) is 75.2 Å². The molecule has 2 aromatic heterocycles. The first-order valence-electron chi connectivity index (χ1n) is 7.88. The Labute approximate surface area is 168 Å². The molecule has 1 N–H and O–H groups in total. The van der Waals surface area contributed by atoms with Gasteiger partial charge in [0.2, 0.25) is 0 Å². The van der Waals surface area contributed by atoms with Crippen LogP contribution in [0.2, 0.25) is 5.15 Å². The first kappa shape index (κ1) is 20.5. The molecular formula is C19H20Cl2N2O2S. The third-order valence-corrected chi connectivity index (χ3v) is 4.72. The minimum absolute atomic E-state index is 0. The maximum absolute atomic E-state index is 5.85. The second-order valence-electron chi connectivity index (χ2n) is 5.45. The van der Waals surface area contributed by atoms with Crippen molar-refractivity contribution in [2.75, 3.05) is 7.11 Å². The smallest absolute Gasteiger partial charge is 0.161 e. The first-order valence-corrected chi connectivity index (χ1v) is 9.13. The largest absolute Gasteiger partial charge is 0.493 e. The van der Waals surface area contributed by atoms with Crippen molar-refractivity contribution in [3.8, 4) is 11.5 Å². The van der Waals surface area contributed by atoms with Crippen molar-refractivity contribution < 1.29 is 9.47 Å². The molecule has 7 heteroatoms. The molecule has 2 heterocycles. The molecule has 4 nitrogen and oxygen atoms in total. The van der Waals surface area contributed by atoms with Crippen LogP contribution >= 0.6 is 35.3 Å². The summed E-state index contributed by atoms with van der Waals surface area (Å²) in [5.41, 5.74) is 2.10. The van der Waals surface area contributed by atoms with Gasteiger partial charge in [0.15, 0.2) is 11.5 Å². The van der Waals surface area contributed by atoms with Crippen LogP contribution in [-0.4, -0.2) is 12.1 Å². The Morgan fingerprint density at radius 2 is 1.92 bits per heavy atom. The molecule has 1 aromatic carbocycles. The highest BCUT2D eigenvalue weighted by Gasteiger charge is 2.07. The van der Waals surface area contributed by atoms with E-state index in [0.29, 0.717) is 17.5 Å². The number of pyridine rings is 1. The summed E-state index contributed by atoms with van der Waals surface area (Å²) in [5, 5.41) is 5.99. The zero-order chi connectivity index (χ0) is 17.5. The van der Waals surface area contributed by atoms with Crippen LogP contribution in [0, 0.1) is 0 Å². The highest BCUT2D eigenvalue weighted by atomic mass is 35.5. The van der Waals surface area contributed by atoms with E-state index >= 15 is 0 Å². The Balaban J connectivity index is 0.00000243. The highest BCUT2D eigenvalue weighted by Crippen LogP contribution is 2.29. The SMILES string of the molecule is COc1cc(CNCc2cccs2)ccc1OCc1ccc(Cl)nc1.Cl. The third kappa shape index (κ3) is 5.88. The highest BCUT2D eigenvalue weighted by molar-refractivity contribution is 7.09. The van der Waals surface area contributed by atoms with Gasteiger partial charge >= 0.3 is 0 Å². The van der Waals surface area contributed by atoms with E-state index in [0.717, 1.165) is 30.0 Å². The van der Waals surface area contributed by atoms with Crippen molar-refractivity contribution in [2.24, 2.45) is 0 Å². The molecule has 3 rings (SSSR count). The average Bonchev–Trinajstić information content (AvgIpc) is 3.15. The van der Waals surface area contributed by atoms with Gasteiger partial charge in [0.25, 0.3) is 0 Å². The van der Waals surface area contributed by atoms with Crippen LogP contribution in [0.25, 0.3) is 0 Å². The van der Waals surface area contributed by atoms with E-state index in [-0.39, 0.29) is 12.4 Å². The van der Waals surface area contributed by atoms with Crippen LogP contribution in [0.5, 0.6) is 11.5 Å². The number of ether oxygens (including phenoxy) is 2. The number of thiophene rings is 1. The summed E-state index contributed by atoms with van der Waals surface area (Å²) in [6.45, 7) is 2.05. The van der Waals surface area contributed by atoms with Gasteiger partial charge < -0.3 is 14.8 Å². The predicted molar refractivity (Wildman–Crippen MR) is 109 cm³/mol. The van der Waals surface area contributed by atoms with Crippen LogP contribution in [0.4, 0.5) is 0 Å². The molecule has 0 bridgehead atoms. The van der Waals surface area contributed by atoms with Crippen LogP contribution in [0.15, 0.2) is 54.0 Å². The van der Waals surface area contributed by atoms with Crippen LogP contribution < -0.4 is 14.8 Å². The molecule has 0 aliphatic rings. The minimum Gasteiger partial charge on any atom is -0.493 e. The minimum atomic E-state index is 0. The van der Waals surface area contributed by atoms with Gasteiger partial charge in [-0.2, -0.15) is 0 Å². The van der Waals surface area contributed by atoms with E-state index in [4.69, 9.17) is 21.1 Å². The predicted octanol–water partition coefficient (Wildman–Crippen LogP) is 5.10. The maximum atomic E-state index is 5.85. The lowest BCUT2D eigenvalue weighted by molar-refractivity contribution is 0.284. The van der Waals surface area contributed by atoms with Gasteiger partial charge in [-0.1, -0.05) is 29.8 Å². The number of nitrogens with one attached hydrogen (secondary N) is 1. The molecule has 0 radical (unpaired) electrons. The third-order valence-electron chi connectivity index (χ3n) is 3.62. The Morgan fingerprint density at radius 1 is 1.08 bits per heavy atom.